The second-order valence-electron chi connectivity index (χ2n) is 9.20. The first-order valence-electron chi connectivity index (χ1n) is 8.49. The monoisotopic (exact) mass is 280 g/mol. The third-order valence-electron chi connectivity index (χ3n) is 7.78. The van der Waals surface area contributed by atoms with Crippen LogP contribution in [0.5, 0.6) is 0 Å². The van der Waals surface area contributed by atoms with Crippen LogP contribution in [0.15, 0.2) is 0 Å². The second kappa shape index (κ2) is 4.98. The third kappa shape index (κ3) is 2.43. The Hall–Kier alpha value is -0.0800. The van der Waals surface area contributed by atoms with Gasteiger partial charge in [0, 0.05) is 6.04 Å². The van der Waals surface area contributed by atoms with Crippen LogP contribution in [0.1, 0.15) is 61.3 Å². The molecule has 20 heavy (non-hydrogen) atoms. The Kier molecular flexibility index (Phi) is 4.06. The standard InChI is InChI=1S/C18H36N2/c1-12-14(19)9-8-13(16(12,2)3)10-20-11-15-17(4,5)18(15,6)7/h12-15,20H,8-11,19H2,1-7H3. The first kappa shape index (κ1) is 16.3. The molecule has 2 aliphatic rings. The minimum absolute atomic E-state index is 0.360. The normalized spacial score (nSPS) is 38.7. The van der Waals surface area contributed by atoms with Gasteiger partial charge in [-0.15, -0.1) is 0 Å². The smallest absolute Gasteiger partial charge is 0.00698 e. The predicted octanol–water partition coefficient (Wildman–Crippen LogP) is 3.66. The molecule has 0 bridgehead atoms. The molecular formula is C18H36N2. The van der Waals surface area contributed by atoms with Crippen molar-refractivity contribution in [3.8, 4) is 0 Å². The van der Waals surface area contributed by atoms with Crippen LogP contribution in [0.3, 0.4) is 0 Å². The van der Waals surface area contributed by atoms with Gasteiger partial charge in [0.15, 0.2) is 0 Å². The van der Waals surface area contributed by atoms with Crippen LogP contribution >= 0.6 is 0 Å². The van der Waals surface area contributed by atoms with Gasteiger partial charge in [0.1, 0.15) is 0 Å². The Bertz CT molecular complexity index is 342. The summed E-state index contributed by atoms with van der Waals surface area (Å²) in [5, 5.41) is 3.78. The summed E-state index contributed by atoms with van der Waals surface area (Å²) in [7, 11) is 0. The van der Waals surface area contributed by atoms with Gasteiger partial charge in [0.25, 0.3) is 0 Å². The molecule has 0 aliphatic heterocycles. The summed E-state index contributed by atoms with van der Waals surface area (Å²) in [4.78, 5) is 0. The van der Waals surface area contributed by atoms with Crippen LogP contribution in [0, 0.1) is 34.0 Å². The Labute approximate surface area is 126 Å². The first-order chi connectivity index (χ1) is 9.03. The van der Waals surface area contributed by atoms with Crippen molar-refractivity contribution in [2.24, 2.45) is 39.7 Å². The van der Waals surface area contributed by atoms with Gasteiger partial charge >= 0.3 is 0 Å². The zero-order chi connectivity index (χ0) is 15.3. The molecule has 3 unspecified atom stereocenters. The Morgan fingerprint density at radius 2 is 1.50 bits per heavy atom. The highest BCUT2D eigenvalue weighted by molar-refractivity contribution is 5.12. The van der Waals surface area contributed by atoms with Crippen molar-refractivity contribution in [3.63, 3.8) is 0 Å². The van der Waals surface area contributed by atoms with E-state index in [2.05, 4.69) is 53.8 Å². The van der Waals surface area contributed by atoms with Gasteiger partial charge in [-0.3, -0.25) is 0 Å². The first-order valence-corrected chi connectivity index (χ1v) is 8.49. The fraction of sp³-hybridized carbons (Fsp3) is 1.00. The molecule has 0 aromatic heterocycles. The molecule has 0 heterocycles. The van der Waals surface area contributed by atoms with Crippen molar-refractivity contribution in [2.45, 2.75) is 67.3 Å². The lowest BCUT2D eigenvalue weighted by Gasteiger charge is -2.47. The number of hydrogen-bond donors (Lipinski definition) is 2. The maximum Gasteiger partial charge on any atom is 0.00698 e. The van der Waals surface area contributed by atoms with E-state index in [4.69, 9.17) is 5.73 Å². The van der Waals surface area contributed by atoms with Gasteiger partial charge in [-0.2, -0.15) is 0 Å². The van der Waals surface area contributed by atoms with E-state index in [1.165, 1.54) is 19.4 Å². The average molecular weight is 280 g/mol. The molecule has 0 saturated heterocycles. The highest BCUT2D eigenvalue weighted by Crippen LogP contribution is 2.67. The maximum absolute atomic E-state index is 6.25. The van der Waals surface area contributed by atoms with Crippen molar-refractivity contribution in [2.75, 3.05) is 13.1 Å². The summed E-state index contributed by atoms with van der Waals surface area (Å²) in [5.41, 5.74) is 7.61. The average Bonchev–Trinajstić information content (AvgIpc) is 2.71. The lowest BCUT2D eigenvalue weighted by molar-refractivity contribution is 0.0538. The van der Waals surface area contributed by atoms with Crippen molar-refractivity contribution < 1.29 is 0 Å². The molecular weight excluding hydrogens is 244 g/mol. The van der Waals surface area contributed by atoms with E-state index in [1.807, 2.05) is 0 Å². The number of hydrogen-bond acceptors (Lipinski definition) is 2. The van der Waals surface area contributed by atoms with Gasteiger partial charge in [0.05, 0.1) is 0 Å². The zero-order valence-electron chi connectivity index (χ0n) is 14.7. The molecule has 0 aromatic rings. The molecule has 2 fully saturated rings. The molecule has 0 radical (unpaired) electrons. The van der Waals surface area contributed by atoms with Gasteiger partial charge < -0.3 is 11.1 Å². The summed E-state index contributed by atoms with van der Waals surface area (Å²) in [6.07, 6.45) is 2.47. The summed E-state index contributed by atoms with van der Waals surface area (Å²) < 4.78 is 0. The molecule has 3 atom stereocenters. The van der Waals surface area contributed by atoms with Gasteiger partial charge in [-0.25, -0.2) is 0 Å². The highest BCUT2D eigenvalue weighted by atomic mass is 14.9. The molecule has 2 aliphatic carbocycles. The topological polar surface area (TPSA) is 38.0 Å². The molecule has 2 saturated carbocycles. The van der Waals surface area contributed by atoms with Crippen molar-refractivity contribution in [3.05, 3.63) is 0 Å². The summed E-state index contributed by atoms with van der Waals surface area (Å²) in [6.45, 7) is 19.1. The summed E-state index contributed by atoms with van der Waals surface area (Å²) >= 11 is 0. The quantitative estimate of drug-likeness (QED) is 0.825. The number of rotatable bonds is 4. The number of nitrogens with two attached hydrogens (primary N) is 1. The fourth-order valence-electron chi connectivity index (χ4n) is 4.55. The fourth-order valence-corrected chi connectivity index (χ4v) is 4.55. The molecule has 2 nitrogen and oxygen atoms in total. The third-order valence-corrected chi connectivity index (χ3v) is 7.78. The van der Waals surface area contributed by atoms with E-state index in [0.717, 1.165) is 18.4 Å². The van der Waals surface area contributed by atoms with E-state index < -0.39 is 0 Å². The largest absolute Gasteiger partial charge is 0.327 e. The Balaban J connectivity index is 1.83. The van der Waals surface area contributed by atoms with E-state index in [1.54, 1.807) is 0 Å². The van der Waals surface area contributed by atoms with Crippen LogP contribution in [-0.4, -0.2) is 19.1 Å². The number of nitrogens with one attached hydrogen (secondary N) is 1. The lowest BCUT2D eigenvalue weighted by atomic mass is 9.61. The SMILES string of the molecule is CC1C(N)CCC(CNCC2C(C)(C)C2(C)C)C1(C)C. The summed E-state index contributed by atoms with van der Waals surface area (Å²) in [6, 6.07) is 0.391. The van der Waals surface area contributed by atoms with Gasteiger partial charge in [-0.05, 0) is 59.9 Å². The summed E-state index contributed by atoms with van der Waals surface area (Å²) in [5.74, 6) is 2.21. The molecule has 2 rings (SSSR count). The second-order valence-corrected chi connectivity index (χ2v) is 9.20. The molecule has 0 amide bonds. The van der Waals surface area contributed by atoms with Crippen LogP contribution in [-0.2, 0) is 0 Å². The Morgan fingerprint density at radius 3 is 2.00 bits per heavy atom. The van der Waals surface area contributed by atoms with E-state index in [0.29, 0.717) is 28.2 Å². The van der Waals surface area contributed by atoms with Crippen LogP contribution < -0.4 is 11.1 Å². The zero-order valence-corrected chi connectivity index (χ0v) is 14.7. The van der Waals surface area contributed by atoms with Crippen molar-refractivity contribution >= 4 is 0 Å². The molecule has 0 spiro atoms. The van der Waals surface area contributed by atoms with E-state index >= 15 is 0 Å². The predicted molar refractivity (Wildman–Crippen MR) is 87.6 cm³/mol. The van der Waals surface area contributed by atoms with Crippen LogP contribution in [0.25, 0.3) is 0 Å². The van der Waals surface area contributed by atoms with Gasteiger partial charge in [0.2, 0.25) is 0 Å². The van der Waals surface area contributed by atoms with E-state index in [-0.39, 0.29) is 0 Å². The van der Waals surface area contributed by atoms with E-state index in [9.17, 15) is 0 Å². The van der Waals surface area contributed by atoms with Crippen LogP contribution in [0.2, 0.25) is 0 Å². The highest BCUT2D eigenvalue weighted by Gasteiger charge is 2.63. The van der Waals surface area contributed by atoms with Crippen LogP contribution in [0.4, 0.5) is 0 Å². The van der Waals surface area contributed by atoms with Crippen molar-refractivity contribution in [1.29, 1.82) is 0 Å². The van der Waals surface area contributed by atoms with Gasteiger partial charge in [-0.1, -0.05) is 48.5 Å². The Morgan fingerprint density at radius 1 is 0.950 bits per heavy atom. The maximum atomic E-state index is 6.25. The minimum Gasteiger partial charge on any atom is -0.327 e. The lowest BCUT2D eigenvalue weighted by Crippen LogP contribution is -2.49. The molecule has 2 heteroatoms. The van der Waals surface area contributed by atoms with Crippen molar-refractivity contribution in [1.82, 2.24) is 5.32 Å². The molecule has 118 valence electrons. The molecule has 3 N–H and O–H groups in total. The molecule has 0 aromatic carbocycles. The minimum atomic E-state index is 0.360.